The van der Waals surface area contributed by atoms with Crippen molar-refractivity contribution in [1.82, 2.24) is 10.2 Å². The first-order valence-corrected chi connectivity index (χ1v) is 6.48. The van der Waals surface area contributed by atoms with E-state index in [1.807, 2.05) is 7.05 Å². The highest BCUT2D eigenvalue weighted by Gasteiger charge is 2.23. The molecule has 2 rings (SSSR count). The molecule has 2 fully saturated rings. The van der Waals surface area contributed by atoms with Crippen LogP contribution in [0.1, 0.15) is 19.3 Å². The zero-order valence-electron chi connectivity index (χ0n) is 10.3. The minimum absolute atomic E-state index is 0.349. The molecule has 4 nitrogen and oxygen atoms in total. The van der Waals surface area contributed by atoms with E-state index in [4.69, 9.17) is 9.47 Å². The Morgan fingerprint density at radius 2 is 2.06 bits per heavy atom. The van der Waals surface area contributed by atoms with Crippen molar-refractivity contribution in [2.24, 2.45) is 0 Å². The highest BCUT2D eigenvalue weighted by atomic mass is 16.5. The van der Waals surface area contributed by atoms with Crippen molar-refractivity contribution in [2.45, 2.75) is 31.5 Å². The zero-order valence-corrected chi connectivity index (χ0v) is 10.3. The summed E-state index contributed by atoms with van der Waals surface area (Å²) in [6, 6.07) is 0. The van der Waals surface area contributed by atoms with E-state index in [2.05, 4.69) is 10.2 Å². The molecule has 2 saturated heterocycles. The standard InChI is InChI=1S/C12H24N2O2/c1-13-8-12-10-14(5-7-16-12)9-11-4-2-3-6-15-11/h11-13H,2-10H2,1H3. The van der Waals surface area contributed by atoms with Crippen molar-refractivity contribution in [2.75, 3.05) is 46.4 Å². The molecule has 0 aromatic rings. The molecular weight excluding hydrogens is 204 g/mol. The van der Waals surface area contributed by atoms with Gasteiger partial charge in [0.1, 0.15) is 0 Å². The molecule has 2 aliphatic rings. The van der Waals surface area contributed by atoms with E-state index < -0.39 is 0 Å². The third-order valence-corrected chi connectivity index (χ3v) is 3.39. The molecule has 2 atom stereocenters. The minimum Gasteiger partial charge on any atom is -0.377 e. The summed E-state index contributed by atoms with van der Waals surface area (Å²) in [6.07, 6.45) is 4.61. The highest BCUT2D eigenvalue weighted by molar-refractivity contribution is 4.76. The second-order valence-corrected chi connectivity index (χ2v) is 4.80. The maximum absolute atomic E-state index is 5.78. The molecule has 0 aliphatic carbocycles. The summed E-state index contributed by atoms with van der Waals surface area (Å²) in [5, 5.41) is 3.18. The Kier molecular flexibility index (Phi) is 5.03. The van der Waals surface area contributed by atoms with Gasteiger partial charge < -0.3 is 14.8 Å². The van der Waals surface area contributed by atoms with Gasteiger partial charge in [-0.3, -0.25) is 4.90 Å². The van der Waals surface area contributed by atoms with Gasteiger partial charge in [0.05, 0.1) is 18.8 Å². The van der Waals surface area contributed by atoms with Gasteiger partial charge in [-0.2, -0.15) is 0 Å². The van der Waals surface area contributed by atoms with Crippen LogP contribution in [0.2, 0.25) is 0 Å². The number of ether oxygens (including phenoxy) is 2. The van der Waals surface area contributed by atoms with E-state index in [1.165, 1.54) is 19.3 Å². The first-order chi connectivity index (χ1) is 7.88. The average Bonchev–Trinajstić information content (AvgIpc) is 2.31. The van der Waals surface area contributed by atoms with Crippen LogP contribution in [-0.4, -0.2) is 63.5 Å². The van der Waals surface area contributed by atoms with Gasteiger partial charge in [-0.05, 0) is 26.3 Å². The normalized spacial score (nSPS) is 32.8. The van der Waals surface area contributed by atoms with E-state index in [-0.39, 0.29) is 0 Å². The largest absolute Gasteiger partial charge is 0.377 e. The summed E-state index contributed by atoms with van der Waals surface area (Å²) in [4.78, 5) is 2.49. The molecule has 0 aromatic carbocycles. The fourth-order valence-electron chi connectivity index (χ4n) is 2.54. The number of hydrogen-bond acceptors (Lipinski definition) is 4. The molecule has 0 aromatic heterocycles. The van der Waals surface area contributed by atoms with Gasteiger partial charge in [0.2, 0.25) is 0 Å². The lowest BCUT2D eigenvalue weighted by molar-refractivity contribution is -0.0583. The molecular formula is C12H24N2O2. The predicted molar refractivity (Wildman–Crippen MR) is 63.7 cm³/mol. The fraction of sp³-hybridized carbons (Fsp3) is 1.00. The van der Waals surface area contributed by atoms with E-state index in [9.17, 15) is 0 Å². The van der Waals surface area contributed by atoms with Crippen LogP contribution in [0, 0.1) is 0 Å². The van der Waals surface area contributed by atoms with Crippen LogP contribution in [0.3, 0.4) is 0 Å². The molecule has 4 heteroatoms. The lowest BCUT2D eigenvalue weighted by Crippen LogP contribution is -2.49. The molecule has 94 valence electrons. The van der Waals surface area contributed by atoms with Gasteiger partial charge >= 0.3 is 0 Å². The first-order valence-electron chi connectivity index (χ1n) is 6.48. The summed E-state index contributed by atoms with van der Waals surface area (Å²) in [6.45, 7) is 5.94. The van der Waals surface area contributed by atoms with Gasteiger partial charge in [-0.25, -0.2) is 0 Å². The molecule has 2 unspecified atom stereocenters. The summed E-state index contributed by atoms with van der Waals surface area (Å²) in [7, 11) is 1.98. The van der Waals surface area contributed by atoms with Crippen LogP contribution in [0.5, 0.6) is 0 Å². The van der Waals surface area contributed by atoms with Crippen LogP contribution in [0.4, 0.5) is 0 Å². The van der Waals surface area contributed by atoms with Crippen LogP contribution in [-0.2, 0) is 9.47 Å². The number of likely N-dealkylation sites (N-methyl/N-ethyl adjacent to an activating group) is 1. The third kappa shape index (κ3) is 3.70. The van der Waals surface area contributed by atoms with Crippen LogP contribution in [0.25, 0.3) is 0 Å². The quantitative estimate of drug-likeness (QED) is 0.758. The second-order valence-electron chi connectivity index (χ2n) is 4.80. The maximum Gasteiger partial charge on any atom is 0.0826 e. The van der Waals surface area contributed by atoms with Crippen molar-refractivity contribution in [3.8, 4) is 0 Å². The second kappa shape index (κ2) is 6.55. The lowest BCUT2D eigenvalue weighted by Gasteiger charge is -2.35. The van der Waals surface area contributed by atoms with Crippen LogP contribution in [0.15, 0.2) is 0 Å². The summed E-state index contributed by atoms with van der Waals surface area (Å²) < 4.78 is 11.5. The molecule has 0 spiro atoms. The Labute approximate surface area is 98.3 Å². The minimum atomic E-state index is 0.349. The Bertz CT molecular complexity index is 193. The van der Waals surface area contributed by atoms with E-state index in [0.29, 0.717) is 12.2 Å². The number of nitrogens with one attached hydrogen (secondary N) is 1. The summed E-state index contributed by atoms with van der Waals surface area (Å²) in [5.74, 6) is 0. The summed E-state index contributed by atoms with van der Waals surface area (Å²) >= 11 is 0. The topological polar surface area (TPSA) is 33.7 Å². The number of nitrogens with zero attached hydrogens (tertiary/aromatic N) is 1. The Balaban J connectivity index is 1.71. The van der Waals surface area contributed by atoms with Crippen molar-refractivity contribution >= 4 is 0 Å². The molecule has 0 bridgehead atoms. The maximum atomic E-state index is 5.78. The van der Waals surface area contributed by atoms with Crippen molar-refractivity contribution in [3.05, 3.63) is 0 Å². The third-order valence-electron chi connectivity index (χ3n) is 3.39. The van der Waals surface area contributed by atoms with Gasteiger partial charge in [0.25, 0.3) is 0 Å². The number of rotatable bonds is 4. The molecule has 2 heterocycles. The fourth-order valence-corrected chi connectivity index (χ4v) is 2.54. The van der Waals surface area contributed by atoms with Gasteiger partial charge in [0.15, 0.2) is 0 Å². The van der Waals surface area contributed by atoms with Crippen molar-refractivity contribution in [3.63, 3.8) is 0 Å². The summed E-state index contributed by atoms with van der Waals surface area (Å²) in [5.41, 5.74) is 0. The van der Waals surface area contributed by atoms with Gasteiger partial charge in [-0.15, -0.1) is 0 Å². The van der Waals surface area contributed by atoms with Gasteiger partial charge in [-0.1, -0.05) is 0 Å². The Hall–Kier alpha value is -0.160. The molecule has 0 radical (unpaired) electrons. The molecule has 16 heavy (non-hydrogen) atoms. The SMILES string of the molecule is CNCC1CN(CC2CCCCO2)CCO1. The van der Waals surface area contributed by atoms with E-state index in [1.54, 1.807) is 0 Å². The smallest absolute Gasteiger partial charge is 0.0826 e. The van der Waals surface area contributed by atoms with Gasteiger partial charge in [0, 0.05) is 32.8 Å². The number of hydrogen-bond donors (Lipinski definition) is 1. The van der Waals surface area contributed by atoms with Crippen molar-refractivity contribution in [1.29, 1.82) is 0 Å². The number of morpholine rings is 1. The molecule has 0 saturated carbocycles. The lowest BCUT2D eigenvalue weighted by atomic mass is 10.1. The molecule has 1 N–H and O–H groups in total. The Morgan fingerprint density at radius 3 is 2.81 bits per heavy atom. The zero-order chi connectivity index (χ0) is 11.2. The van der Waals surface area contributed by atoms with E-state index >= 15 is 0 Å². The van der Waals surface area contributed by atoms with Crippen LogP contribution < -0.4 is 5.32 Å². The highest BCUT2D eigenvalue weighted by Crippen LogP contribution is 2.15. The van der Waals surface area contributed by atoms with Crippen molar-refractivity contribution < 1.29 is 9.47 Å². The molecule has 0 amide bonds. The average molecular weight is 228 g/mol. The monoisotopic (exact) mass is 228 g/mol. The Morgan fingerprint density at radius 1 is 1.19 bits per heavy atom. The predicted octanol–water partition coefficient (Wildman–Crippen LogP) is 0.476. The van der Waals surface area contributed by atoms with E-state index in [0.717, 1.165) is 39.4 Å². The first kappa shape index (κ1) is 12.3. The van der Waals surface area contributed by atoms with Crippen LogP contribution >= 0.6 is 0 Å². The molecule has 2 aliphatic heterocycles.